The fourth-order valence-corrected chi connectivity index (χ4v) is 2.82. The molecule has 2 atom stereocenters. The van der Waals surface area contributed by atoms with Crippen LogP contribution in [-0.4, -0.2) is 42.5 Å². The molecule has 0 aromatic heterocycles. The van der Waals surface area contributed by atoms with Gasteiger partial charge in [-0.15, -0.1) is 11.6 Å². The second kappa shape index (κ2) is 5.37. The lowest BCUT2D eigenvalue weighted by Gasteiger charge is -2.34. The SMILES string of the molecule is CC(Cl)C1CCN(C(=O)C2CCOC2)CC1. The zero-order chi connectivity index (χ0) is 11.5. The number of piperidine rings is 1. The summed E-state index contributed by atoms with van der Waals surface area (Å²) in [5.74, 6) is 0.980. The van der Waals surface area contributed by atoms with E-state index in [1.54, 1.807) is 0 Å². The Morgan fingerprint density at radius 2 is 2.06 bits per heavy atom. The van der Waals surface area contributed by atoms with Crippen LogP contribution in [0, 0.1) is 11.8 Å². The van der Waals surface area contributed by atoms with Crippen LogP contribution < -0.4 is 0 Å². The number of rotatable bonds is 2. The van der Waals surface area contributed by atoms with Crippen molar-refractivity contribution in [3.05, 3.63) is 0 Å². The molecule has 0 radical (unpaired) electrons. The van der Waals surface area contributed by atoms with Crippen LogP contribution in [0.15, 0.2) is 0 Å². The van der Waals surface area contributed by atoms with Gasteiger partial charge in [0.1, 0.15) is 0 Å². The van der Waals surface area contributed by atoms with E-state index in [4.69, 9.17) is 16.3 Å². The van der Waals surface area contributed by atoms with Crippen LogP contribution in [0.3, 0.4) is 0 Å². The third-order valence-corrected chi connectivity index (χ3v) is 4.14. The van der Waals surface area contributed by atoms with E-state index in [0.29, 0.717) is 12.5 Å². The number of hydrogen-bond acceptors (Lipinski definition) is 2. The average molecular weight is 246 g/mol. The molecule has 2 rings (SSSR count). The lowest BCUT2D eigenvalue weighted by atomic mass is 9.93. The molecule has 3 nitrogen and oxygen atoms in total. The van der Waals surface area contributed by atoms with Gasteiger partial charge in [0.25, 0.3) is 0 Å². The smallest absolute Gasteiger partial charge is 0.228 e. The normalized spacial score (nSPS) is 29.4. The van der Waals surface area contributed by atoms with Crippen molar-refractivity contribution in [1.82, 2.24) is 4.90 Å². The van der Waals surface area contributed by atoms with Gasteiger partial charge in [-0.25, -0.2) is 0 Å². The van der Waals surface area contributed by atoms with Crippen molar-refractivity contribution in [1.29, 1.82) is 0 Å². The Morgan fingerprint density at radius 1 is 1.38 bits per heavy atom. The molecule has 2 aliphatic heterocycles. The summed E-state index contributed by atoms with van der Waals surface area (Å²) in [5.41, 5.74) is 0. The number of carbonyl (C=O) groups excluding carboxylic acids is 1. The summed E-state index contributed by atoms with van der Waals surface area (Å²) in [6.07, 6.45) is 2.98. The Bertz CT molecular complexity index is 243. The zero-order valence-corrected chi connectivity index (χ0v) is 10.6. The monoisotopic (exact) mass is 245 g/mol. The van der Waals surface area contributed by atoms with Crippen LogP contribution in [0.25, 0.3) is 0 Å². The van der Waals surface area contributed by atoms with E-state index in [-0.39, 0.29) is 17.2 Å². The molecule has 2 aliphatic rings. The largest absolute Gasteiger partial charge is 0.381 e. The Hall–Kier alpha value is -0.280. The van der Waals surface area contributed by atoms with Gasteiger partial charge in [-0.2, -0.15) is 0 Å². The minimum absolute atomic E-state index is 0.116. The summed E-state index contributed by atoms with van der Waals surface area (Å²) in [6.45, 7) is 5.15. The molecular weight excluding hydrogens is 226 g/mol. The van der Waals surface area contributed by atoms with Crippen LogP contribution >= 0.6 is 11.6 Å². The van der Waals surface area contributed by atoms with Crippen LogP contribution in [0.4, 0.5) is 0 Å². The van der Waals surface area contributed by atoms with Crippen LogP contribution in [0.2, 0.25) is 0 Å². The lowest BCUT2D eigenvalue weighted by molar-refractivity contribution is -0.136. The van der Waals surface area contributed by atoms with Crippen LogP contribution in [0.1, 0.15) is 26.2 Å². The van der Waals surface area contributed by atoms with Gasteiger partial charge in [-0.1, -0.05) is 0 Å². The number of halogens is 1. The number of hydrogen-bond donors (Lipinski definition) is 0. The standard InChI is InChI=1S/C12H20ClNO2/c1-9(13)10-2-5-14(6-3-10)12(15)11-4-7-16-8-11/h9-11H,2-8H2,1H3. The lowest BCUT2D eigenvalue weighted by Crippen LogP contribution is -2.43. The summed E-state index contributed by atoms with van der Waals surface area (Å²) in [6, 6.07) is 0. The highest BCUT2D eigenvalue weighted by Crippen LogP contribution is 2.25. The number of likely N-dealkylation sites (tertiary alicyclic amines) is 1. The molecule has 0 aromatic rings. The highest BCUT2D eigenvalue weighted by molar-refractivity contribution is 6.20. The summed E-state index contributed by atoms with van der Waals surface area (Å²) >= 11 is 6.09. The molecule has 0 N–H and O–H groups in total. The summed E-state index contributed by atoms with van der Waals surface area (Å²) < 4.78 is 5.26. The topological polar surface area (TPSA) is 29.5 Å². The van der Waals surface area contributed by atoms with E-state index in [2.05, 4.69) is 6.92 Å². The molecule has 0 spiro atoms. The van der Waals surface area contributed by atoms with Crippen molar-refractivity contribution in [2.24, 2.45) is 11.8 Å². The summed E-state index contributed by atoms with van der Waals surface area (Å²) in [7, 11) is 0. The van der Waals surface area contributed by atoms with Gasteiger partial charge in [0.05, 0.1) is 12.5 Å². The van der Waals surface area contributed by atoms with Crippen molar-refractivity contribution in [2.45, 2.75) is 31.6 Å². The average Bonchev–Trinajstić information content (AvgIpc) is 2.81. The van der Waals surface area contributed by atoms with Gasteiger partial charge >= 0.3 is 0 Å². The minimum Gasteiger partial charge on any atom is -0.381 e. The Labute approximate surface area is 102 Å². The van der Waals surface area contributed by atoms with Gasteiger partial charge in [-0.3, -0.25) is 4.79 Å². The maximum atomic E-state index is 12.1. The van der Waals surface area contributed by atoms with Crippen molar-refractivity contribution in [3.63, 3.8) is 0 Å². The Balaban J connectivity index is 1.81. The molecule has 1 amide bonds. The van der Waals surface area contributed by atoms with Gasteiger partial charge in [0.15, 0.2) is 0 Å². The van der Waals surface area contributed by atoms with E-state index in [1.807, 2.05) is 4.90 Å². The molecule has 2 unspecified atom stereocenters. The molecule has 2 fully saturated rings. The number of nitrogens with zero attached hydrogens (tertiary/aromatic N) is 1. The first-order valence-corrected chi connectivity index (χ1v) is 6.62. The van der Waals surface area contributed by atoms with E-state index in [9.17, 15) is 4.79 Å². The molecule has 0 saturated carbocycles. The quantitative estimate of drug-likeness (QED) is 0.696. The van der Waals surface area contributed by atoms with E-state index >= 15 is 0 Å². The molecular formula is C12H20ClNO2. The molecule has 2 heterocycles. The maximum Gasteiger partial charge on any atom is 0.228 e. The van der Waals surface area contributed by atoms with Crippen molar-refractivity contribution in [3.8, 4) is 0 Å². The summed E-state index contributed by atoms with van der Waals surface area (Å²) in [5, 5.41) is 0.229. The van der Waals surface area contributed by atoms with Gasteiger partial charge in [0.2, 0.25) is 5.91 Å². The number of carbonyl (C=O) groups is 1. The first-order valence-electron chi connectivity index (χ1n) is 6.19. The molecule has 4 heteroatoms. The molecule has 92 valence electrons. The first-order chi connectivity index (χ1) is 7.68. The number of alkyl halides is 1. The Kier molecular flexibility index (Phi) is 4.09. The summed E-state index contributed by atoms with van der Waals surface area (Å²) in [4.78, 5) is 14.1. The van der Waals surface area contributed by atoms with Gasteiger partial charge < -0.3 is 9.64 Å². The third-order valence-electron chi connectivity index (χ3n) is 3.78. The molecule has 2 saturated heterocycles. The molecule has 16 heavy (non-hydrogen) atoms. The van der Waals surface area contributed by atoms with Crippen LogP contribution in [-0.2, 0) is 9.53 Å². The highest BCUT2D eigenvalue weighted by Gasteiger charge is 2.31. The predicted molar refractivity (Wildman–Crippen MR) is 63.5 cm³/mol. The third kappa shape index (κ3) is 2.69. The number of ether oxygens (including phenoxy) is 1. The fraction of sp³-hybridized carbons (Fsp3) is 0.917. The van der Waals surface area contributed by atoms with E-state index < -0.39 is 0 Å². The highest BCUT2D eigenvalue weighted by atomic mass is 35.5. The fourth-order valence-electron chi connectivity index (χ4n) is 2.57. The second-order valence-corrected chi connectivity index (χ2v) is 5.59. The zero-order valence-electron chi connectivity index (χ0n) is 9.82. The second-order valence-electron chi connectivity index (χ2n) is 4.90. The first kappa shape index (κ1) is 12.2. The van der Waals surface area contributed by atoms with E-state index in [1.165, 1.54) is 0 Å². The van der Waals surface area contributed by atoms with Crippen molar-refractivity contribution >= 4 is 17.5 Å². The predicted octanol–water partition coefficient (Wildman–Crippen LogP) is 1.89. The van der Waals surface area contributed by atoms with E-state index in [0.717, 1.165) is 39.0 Å². The maximum absolute atomic E-state index is 12.1. The van der Waals surface area contributed by atoms with Crippen LogP contribution in [0.5, 0.6) is 0 Å². The van der Waals surface area contributed by atoms with Gasteiger partial charge in [-0.05, 0) is 32.1 Å². The van der Waals surface area contributed by atoms with Crippen molar-refractivity contribution in [2.75, 3.05) is 26.3 Å². The molecule has 0 bridgehead atoms. The molecule has 0 aromatic carbocycles. The van der Waals surface area contributed by atoms with Gasteiger partial charge in [0, 0.05) is 25.1 Å². The Morgan fingerprint density at radius 3 is 2.56 bits per heavy atom. The minimum atomic E-state index is 0.116. The molecule has 0 aliphatic carbocycles. The number of amides is 1. The van der Waals surface area contributed by atoms with Crippen molar-refractivity contribution < 1.29 is 9.53 Å².